The predicted octanol–water partition coefficient (Wildman–Crippen LogP) is 1.65. The summed E-state index contributed by atoms with van der Waals surface area (Å²) in [6, 6.07) is 9.21. The van der Waals surface area contributed by atoms with Crippen LogP contribution in [0.2, 0.25) is 0 Å². The normalized spacial score (nSPS) is 33.1. The molecule has 0 radical (unpaired) electrons. The molecular weight excluding hydrogens is 362 g/mol. The van der Waals surface area contributed by atoms with Gasteiger partial charge in [0.25, 0.3) is 10.2 Å². The van der Waals surface area contributed by atoms with Crippen molar-refractivity contribution in [1.29, 1.82) is 0 Å². The van der Waals surface area contributed by atoms with Crippen molar-refractivity contribution in [2.24, 2.45) is 5.92 Å². The Hall–Kier alpha value is -0.990. The number of hydrogen-bond donors (Lipinski definition) is 0. The summed E-state index contributed by atoms with van der Waals surface area (Å²) < 4.78 is 35.6. The summed E-state index contributed by atoms with van der Waals surface area (Å²) in [4.78, 5) is 2.61. The van der Waals surface area contributed by atoms with Crippen molar-refractivity contribution in [3.05, 3.63) is 35.4 Å². The quantitative estimate of drug-likeness (QED) is 0.769. The van der Waals surface area contributed by atoms with Crippen LogP contribution in [0.3, 0.4) is 0 Å². The number of piperidine rings is 2. The number of hydrogen-bond acceptors (Lipinski definition) is 4. The van der Waals surface area contributed by atoms with Gasteiger partial charge in [0.15, 0.2) is 0 Å². The molecule has 4 aliphatic rings. The average molecular weight is 392 g/mol. The molecule has 27 heavy (non-hydrogen) atoms. The fraction of sp³-hybridized carbons (Fsp3) is 0.700. The first-order valence-electron chi connectivity index (χ1n) is 10.3. The van der Waals surface area contributed by atoms with Crippen molar-refractivity contribution in [2.75, 3.05) is 45.9 Å². The molecule has 7 heteroatoms. The van der Waals surface area contributed by atoms with Gasteiger partial charge in [0.05, 0.1) is 13.2 Å². The van der Waals surface area contributed by atoms with Crippen molar-refractivity contribution in [3.63, 3.8) is 0 Å². The summed E-state index contributed by atoms with van der Waals surface area (Å²) in [6.07, 6.45) is 4.15. The number of ether oxygens (including phenoxy) is 1. The van der Waals surface area contributed by atoms with Gasteiger partial charge in [0, 0.05) is 44.8 Å². The zero-order valence-corrected chi connectivity index (χ0v) is 16.6. The van der Waals surface area contributed by atoms with Crippen molar-refractivity contribution < 1.29 is 13.2 Å². The number of morpholine rings is 1. The maximum absolute atomic E-state index is 13.4. The van der Waals surface area contributed by atoms with Gasteiger partial charge in [-0.25, -0.2) is 0 Å². The lowest BCUT2D eigenvalue weighted by atomic mass is 9.77. The van der Waals surface area contributed by atoms with Crippen LogP contribution in [0.4, 0.5) is 0 Å². The van der Waals surface area contributed by atoms with Gasteiger partial charge < -0.3 is 4.74 Å². The number of fused-ring (bicyclic) bond motifs is 4. The second-order valence-corrected chi connectivity index (χ2v) is 10.2. The molecular formula is C20H29N3O3S. The fourth-order valence-corrected chi connectivity index (χ4v) is 7.43. The van der Waals surface area contributed by atoms with Crippen LogP contribution in [0.15, 0.2) is 24.3 Å². The van der Waals surface area contributed by atoms with Crippen LogP contribution in [0.25, 0.3) is 0 Å². The third-order valence-electron chi connectivity index (χ3n) is 6.92. The minimum absolute atomic E-state index is 0.124. The Morgan fingerprint density at radius 1 is 1.04 bits per heavy atom. The van der Waals surface area contributed by atoms with Crippen molar-refractivity contribution >= 4 is 10.2 Å². The summed E-state index contributed by atoms with van der Waals surface area (Å²) in [5, 5.41) is 0. The van der Waals surface area contributed by atoms with Crippen molar-refractivity contribution in [3.8, 4) is 0 Å². The Morgan fingerprint density at radius 3 is 2.70 bits per heavy atom. The number of benzene rings is 1. The molecule has 0 amide bonds. The molecule has 4 heterocycles. The second kappa shape index (κ2) is 7.12. The summed E-state index contributed by atoms with van der Waals surface area (Å²) >= 11 is 0. The van der Waals surface area contributed by atoms with E-state index in [0.717, 1.165) is 38.8 Å². The van der Waals surface area contributed by atoms with Crippen molar-refractivity contribution in [1.82, 2.24) is 13.5 Å². The van der Waals surface area contributed by atoms with E-state index in [1.54, 1.807) is 4.31 Å². The molecule has 3 atom stereocenters. The molecule has 3 fully saturated rings. The lowest BCUT2D eigenvalue weighted by Crippen LogP contribution is -2.60. The Balaban J connectivity index is 1.44. The molecule has 0 unspecified atom stereocenters. The predicted molar refractivity (Wildman–Crippen MR) is 104 cm³/mol. The van der Waals surface area contributed by atoms with Gasteiger partial charge in [-0.1, -0.05) is 24.3 Å². The van der Waals surface area contributed by atoms with Crippen molar-refractivity contribution in [2.45, 2.75) is 37.8 Å². The van der Waals surface area contributed by atoms with E-state index in [4.69, 9.17) is 4.74 Å². The topological polar surface area (TPSA) is 53.1 Å². The highest BCUT2D eigenvalue weighted by molar-refractivity contribution is 7.86. The van der Waals surface area contributed by atoms with Gasteiger partial charge >= 0.3 is 0 Å². The first-order valence-corrected chi connectivity index (χ1v) is 11.7. The molecule has 148 valence electrons. The van der Waals surface area contributed by atoms with Gasteiger partial charge in [0.2, 0.25) is 0 Å². The molecule has 0 N–H and O–H groups in total. The third-order valence-corrected chi connectivity index (χ3v) is 8.98. The van der Waals surface area contributed by atoms with Gasteiger partial charge in [-0.05, 0) is 42.7 Å². The largest absolute Gasteiger partial charge is 0.379 e. The maximum atomic E-state index is 13.4. The van der Waals surface area contributed by atoms with Gasteiger partial charge in [-0.15, -0.1) is 0 Å². The van der Waals surface area contributed by atoms with Gasteiger partial charge in [-0.2, -0.15) is 17.0 Å². The average Bonchev–Trinajstić information content (AvgIpc) is 2.72. The standard InChI is InChI=1S/C20H29N3O3S/c24-27(25,22-10-12-26-13-11-22)23-8-3-5-17-15-21-9-7-16-4-1-2-6-18(16)20(21)14-19(17)23/h1-2,4,6,17,19-20H,3,5,7-15H2/t17-,19+,20-/m1/s1. The molecule has 0 spiro atoms. The molecule has 3 saturated heterocycles. The second-order valence-electron chi connectivity index (χ2n) is 8.29. The zero-order valence-electron chi connectivity index (χ0n) is 15.8. The van der Waals surface area contributed by atoms with E-state index in [2.05, 4.69) is 29.2 Å². The van der Waals surface area contributed by atoms with Gasteiger partial charge in [0.1, 0.15) is 0 Å². The van der Waals surface area contributed by atoms with Crippen LogP contribution in [-0.2, 0) is 21.4 Å². The van der Waals surface area contributed by atoms with Crippen LogP contribution < -0.4 is 0 Å². The minimum Gasteiger partial charge on any atom is -0.379 e. The van der Waals surface area contributed by atoms with Crippen LogP contribution >= 0.6 is 0 Å². The maximum Gasteiger partial charge on any atom is 0.282 e. The highest BCUT2D eigenvalue weighted by Crippen LogP contribution is 2.43. The zero-order chi connectivity index (χ0) is 18.4. The molecule has 0 aromatic heterocycles. The van der Waals surface area contributed by atoms with Crippen LogP contribution in [0.5, 0.6) is 0 Å². The third kappa shape index (κ3) is 3.13. The van der Waals surface area contributed by atoms with E-state index in [9.17, 15) is 8.42 Å². The molecule has 4 aliphatic heterocycles. The van der Waals surface area contributed by atoms with E-state index in [-0.39, 0.29) is 6.04 Å². The Labute approximate surface area is 162 Å². The smallest absolute Gasteiger partial charge is 0.282 e. The lowest BCUT2D eigenvalue weighted by Gasteiger charge is -2.52. The Bertz CT molecular complexity index is 793. The number of nitrogens with zero attached hydrogens (tertiary/aromatic N) is 3. The van der Waals surface area contributed by atoms with E-state index in [1.807, 2.05) is 4.31 Å². The van der Waals surface area contributed by atoms with E-state index >= 15 is 0 Å². The summed E-state index contributed by atoms with van der Waals surface area (Å²) in [6.45, 7) is 4.76. The monoisotopic (exact) mass is 391 g/mol. The van der Waals surface area contributed by atoms with Crippen LogP contribution in [0, 0.1) is 5.92 Å². The first-order chi connectivity index (χ1) is 13.1. The van der Waals surface area contributed by atoms with Crippen LogP contribution in [0.1, 0.15) is 36.4 Å². The van der Waals surface area contributed by atoms with Crippen LogP contribution in [-0.4, -0.2) is 73.9 Å². The molecule has 0 saturated carbocycles. The number of rotatable bonds is 2. The van der Waals surface area contributed by atoms with Gasteiger partial charge in [-0.3, -0.25) is 4.90 Å². The van der Waals surface area contributed by atoms with E-state index in [1.165, 1.54) is 11.1 Å². The molecule has 1 aromatic carbocycles. The first kappa shape index (κ1) is 18.1. The van der Waals surface area contributed by atoms with E-state index in [0.29, 0.717) is 44.8 Å². The summed E-state index contributed by atoms with van der Waals surface area (Å²) in [7, 11) is -3.40. The highest BCUT2D eigenvalue weighted by Gasteiger charge is 2.47. The van der Waals surface area contributed by atoms with E-state index < -0.39 is 10.2 Å². The highest BCUT2D eigenvalue weighted by atomic mass is 32.2. The molecule has 0 aliphatic carbocycles. The SMILES string of the molecule is O=S(=O)(N1CCOCC1)N1CCC[C@@H]2CN3CCc4ccccc4[C@H]3C[C@@H]21. The minimum atomic E-state index is -3.40. The molecule has 0 bridgehead atoms. The summed E-state index contributed by atoms with van der Waals surface area (Å²) in [5.74, 6) is 0.455. The molecule has 1 aromatic rings. The summed E-state index contributed by atoms with van der Waals surface area (Å²) in [5.41, 5.74) is 2.85. The molecule has 6 nitrogen and oxygen atoms in total. The Morgan fingerprint density at radius 2 is 1.85 bits per heavy atom. The lowest BCUT2D eigenvalue weighted by molar-refractivity contribution is 0.0162. The Kier molecular flexibility index (Phi) is 4.76. The molecule has 5 rings (SSSR count). The fourth-order valence-electron chi connectivity index (χ4n) is 5.57.